The minimum absolute atomic E-state index is 0.0275. The number of methoxy groups -OCH3 is 2. The molecule has 0 spiro atoms. The van der Waals surface area contributed by atoms with Gasteiger partial charge in [-0.1, -0.05) is 75.4 Å². The zero-order valence-corrected chi connectivity index (χ0v) is 38.2. The smallest absolute Gasteiger partial charge is 0.407 e. The Morgan fingerprint density at radius 2 is 1.49 bits per heavy atom. The lowest BCUT2D eigenvalue weighted by molar-refractivity contribution is -0.143. The van der Waals surface area contributed by atoms with Gasteiger partial charge in [0.2, 0.25) is 11.8 Å². The van der Waals surface area contributed by atoms with E-state index in [1.165, 1.54) is 7.11 Å². The van der Waals surface area contributed by atoms with Gasteiger partial charge in [-0.2, -0.15) is 0 Å². The molecule has 0 bridgehead atoms. The second-order valence-electron chi connectivity index (χ2n) is 18.3. The fraction of sp³-hybridized carbons (Fsp3) is 0.609. The van der Waals surface area contributed by atoms with Crippen molar-refractivity contribution in [3.63, 3.8) is 0 Å². The summed E-state index contributed by atoms with van der Waals surface area (Å²) in [5, 5.41) is 18.0. The lowest BCUT2D eigenvalue weighted by atomic mass is 9.73. The van der Waals surface area contributed by atoms with E-state index >= 15 is 0 Å². The molecule has 0 radical (unpaired) electrons. The van der Waals surface area contributed by atoms with Crippen molar-refractivity contribution in [1.82, 2.24) is 30.9 Å². The van der Waals surface area contributed by atoms with Crippen LogP contribution in [0.2, 0.25) is 0 Å². The van der Waals surface area contributed by atoms with Crippen LogP contribution >= 0.6 is 0 Å². The number of aromatic nitrogens is 3. The predicted molar refractivity (Wildman–Crippen MR) is 236 cm³/mol. The molecule has 15 heteroatoms. The van der Waals surface area contributed by atoms with Gasteiger partial charge in [0.05, 0.1) is 49.4 Å². The first-order valence-corrected chi connectivity index (χ1v) is 21.3. The number of likely N-dealkylation sites (N-methyl/N-ethyl adjacent to an activating group) is 1. The van der Waals surface area contributed by atoms with Crippen LogP contribution in [0.5, 0.6) is 0 Å². The largest absolute Gasteiger partial charge is 0.468 e. The van der Waals surface area contributed by atoms with Gasteiger partial charge < -0.3 is 39.8 Å². The number of amides is 3. The van der Waals surface area contributed by atoms with Crippen LogP contribution in [0.25, 0.3) is 22.5 Å². The SMILES string of the molecule is CNC(CCCCNC(=O)OCCn1nnc2c1-c1ccccc1N(C(=O)C(C)(C)CC(C)(C)C(=O)NCCC(C)(C)OCCC(C)(C)OC)Cc1ccccc1-2)C(=O)OC. The number of hydrogen-bond acceptors (Lipinski definition) is 11. The van der Waals surface area contributed by atoms with Gasteiger partial charge in [0.15, 0.2) is 0 Å². The highest BCUT2D eigenvalue weighted by molar-refractivity contribution is 6.02. The van der Waals surface area contributed by atoms with Crippen molar-refractivity contribution in [3.8, 4) is 22.5 Å². The maximum absolute atomic E-state index is 14.9. The molecule has 1 aromatic heterocycles. The third-order valence-corrected chi connectivity index (χ3v) is 11.4. The summed E-state index contributed by atoms with van der Waals surface area (Å²) in [7, 11) is 4.76. The van der Waals surface area contributed by atoms with E-state index in [1.54, 1.807) is 23.7 Å². The first-order valence-electron chi connectivity index (χ1n) is 21.3. The minimum atomic E-state index is -0.947. The number of nitrogens with zero attached hydrogens (tertiary/aromatic N) is 4. The lowest BCUT2D eigenvalue weighted by Gasteiger charge is -2.38. The Hall–Kier alpha value is -4.86. The number of esters is 1. The quantitative estimate of drug-likeness (QED) is 0.0727. The second kappa shape index (κ2) is 21.3. The number of alkyl carbamates (subject to hydrolysis) is 1. The molecule has 336 valence electrons. The van der Waals surface area contributed by atoms with Gasteiger partial charge in [-0.3, -0.25) is 14.4 Å². The van der Waals surface area contributed by atoms with Crippen LogP contribution in [0.15, 0.2) is 48.5 Å². The fourth-order valence-corrected chi connectivity index (χ4v) is 7.70. The molecule has 2 aromatic carbocycles. The maximum Gasteiger partial charge on any atom is 0.407 e. The van der Waals surface area contributed by atoms with Crippen molar-refractivity contribution in [2.24, 2.45) is 10.8 Å². The van der Waals surface area contributed by atoms with E-state index in [1.807, 2.05) is 104 Å². The molecule has 0 fully saturated rings. The summed E-state index contributed by atoms with van der Waals surface area (Å²) in [6.45, 7) is 17.6. The molecule has 3 amide bonds. The standard InChI is InChI=1S/C46H69N7O8/c1-43(2,40(55)48-26-23-46(7,8)61-28-24-45(5,6)59-11)31-44(3,4)41(56)52-30-32-18-12-13-19-33(32)37-38(34-20-14-15-22-36(34)52)53(51-50-37)27-29-60-42(57)49-25-17-16-21-35(47-9)39(54)58-10/h12-15,18-20,22,35,47H,16-17,21,23-31H2,1-11H3,(H,48,55)(H,49,57). The normalized spacial score (nSPS) is 13.5. The molecule has 15 nitrogen and oxygen atoms in total. The van der Waals surface area contributed by atoms with Gasteiger partial charge in [-0.15, -0.1) is 5.10 Å². The predicted octanol–water partition coefficient (Wildman–Crippen LogP) is 6.68. The zero-order valence-electron chi connectivity index (χ0n) is 38.2. The van der Waals surface area contributed by atoms with Gasteiger partial charge in [-0.25, -0.2) is 9.48 Å². The molecule has 3 N–H and O–H groups in total. The molecule has 1 unspecified atom stereocenters. The number of carbonyl (C=O) groups is 4. The average molecular weight is 848 g/mol. The fourth-order valence-electron chi connectivity index (χ4n) is 7.70. The first-order chi connectivity index (χ1) is 28.8. The highest BCUT2D eigenvalue weighted by Gasteiger charge is 2.42. The van der Waals surface area contributed by atoms with Crippen molar-refractivity contribution in [3.05, 3.63) is 54.1 Å². The third-order valence-electron chi connectivity index (χ3n) is 11.4. The molecule has 1 aliphatic heterocycles. The highest BCUT2D eigenvalue weighted by atomic mass is 16.5. The number of rotatable bonds is 22. The summed E-state index contributed by atoms with van der Waals surface area (Å²) in [6.07, 6.45) is 3.08. The van der Waals surface area contributed by atoms with Crippen LogP contribution in [0.1, 0.15) is 99.5 Å². The third kappa shape index (κ3) is 13.3. The second-order valence-corrected chi connectivity index (χ2v) is 18.3. The highest BCUT2D eigenvalue weighted by Crippen LogP contribution is 2.44. The van der Waals surface area contributed by atoms with Crippen LogP contribution < -0.4 is 20.9 Å². The molecule has 2 heterocycles. The molecular weight excluding hydrogens is 779 g/mol. The van der Waals surface area contributed by atoms with Gasteiger partial charge in [0.1, 0.15) is 18.3 Å². The lowest BCUT2D eigenvalue weighted by Crippen LogP contribution is -2.47. The summed E-state index contributed by atoms with van der Waals surface area (Å²) in [5.41, 5.74) is 2.01. The molecule has 0 saturated carbocycles. The van der Waals surface area contributed by atoms with Crippen molar-refractivity contribution in [1.29, 1.82) is 0 Å². The Morgan fingerprint density at radius 3 is 2.18 bits per heavy atom. The van der Waals surface area contributed by atoms with Crippen LogP contribution in [0.3, 0.4) is 0 Å². The molecule has 1 atom stereocenters. The average Bonchev–Trinajstić information content (AvgIpc) is 3.62. The van der Waals surface area contributed by atoms with Crippen molar-refractivity contribution in [2.75, 3.05) is 52.5 Å². The van der Waals surface area contributed by atoms with Gasteiger partial charge in [0.25, 0.3) is 0 Å². The number of unbranched alkanes of at least 4 members (excludes halogenated alkanes) is 1. The van der Waals surface area contributed by atoms with Gasteiger partial charge >= 0.3 is 12.1 Å². The first kappa shape index (κ1) is 48.8. The Balaban J connectivity index is 1.46. The van der Waals surface area contributed by atoms with E-state index in [-0.39, 0.29) is 43.1 Å². The number of ether oxygens (including phenoxy) is 4. The zero-order chi connectivity index (χ0) is 45.0. The van der Waals surface area contributed by atoms with Crippen LogP contribution in [0, 0.1) is 10.8 Å². The maximum atomic E-state index is 14.9. The van der Waals surface area contributed by atoms with Crippen LogP contribution in [-0.4, -0.2) is 104 Å². The van der Waals surface area contributed by atoms with Crippen molar-refractivity contribution in [2.45, 2.75) is 124 Å². The van der Waals surface area contributed by atoms with E-state index in [0.717, 1.165) is 23.1 Å². The molecule has 1 aliphatic rings. The molecule has 0 saturated heterocycles. The minimum Gasteiger partial charge on any atom is -0.468 e. The number of fused-ring (bicyclic) bond motifs is 5. The summed E-state index contributed by atoms with van der Waals surface area (Å²) in [5.74, 6) is -0.571. The van der Waals surface area contributed by atoms with E-state index in [2.05, 4.69) is 26.3 Å². The Morgan fingerprint density at radius 1 is 0.803 bits per heavy atom. The molecular formula is C46H69N7O8. The molecule has 4 rings (SSSR count). The molecule has 0 aliphatic carbocycles. The number of para-hydroxylation sites is 1. The number of benzene rings is 2. The Bertz CT molecular complexity index is 1960. The van der Waals surface area contributed by atoms with Crippen LogP contribution in [-0.2, 0) is 46.4 Å². The Kier molecular flexibility index (Phi) is 17.0. The summed E-state index contributed by atoms with van der Waals surface area (Å²) in [4.78, 5) is 54.9. The number of carbonyl (C=O) groups excluding carboxylic acids is 4. The Labute approximate surface area is 362 Å². The van der Waals surface area contributed by atoms with E-state index in [0.29, 0.717) is 68.9 Å². The van der Waals surface area contributed by atoms with Gasteiger partial charge in [-0.05, 0) is 84.9 Å². The number of anilines is 1. The van der Waals surface area contributed by atoms with Crippen molar-refractivity contribution >= 4 is 29.6 Å². The van der Waals surface area contributed by atoms with Crippen LogP contribution in [0.4, 0.5) is 10.5 Å². The van der Waals surface area contributed by atoms with E-state index in [9.17, 15) is 19.2 Å². The molecule has 61 heavy (non-hydrogen) atoms. The van der Waals surface area contributed by atoms with E-state index in [4.69, 9.17) is 18.9 Å². The van der Waals surface area contributed by atoms with Gasteiger partial charge in [0, 0.05) is 42.2 Å². The number of nitrogens with one attached hydrogen (secondary N) is 3. The molecule has 3 aromatic rings. The van der Waals surface area contributed by atoms with E-state index < -0.39 is 28.6 Å². The monoisotopic (exact) mass is 848 g/mol. The summed E-state index contributed by atoms with van der Waals surface area (Å²) < 4.78 is 23.7. The summed E-state index contributed by atoms with van der Waals surface area (Å²) in [6, 6.07) is 15.1. The van der Waals surface area contributed by atoms with Crippen molar-refractivity contribution < 1.29 is 38.1 Å². The summed E-state index contributed by atoms with van der Waals surface area (Å²) >= 11 is 0. The number of hydrogen-bond donors (Lipinski definition) is 3. The topological polar surface area (TPSA) is 175 Å².